The van der Waals surface area contributed by atoms with Crippen molar-refractivity contribution in [2.45, 2.75) is 27.3 Å². The van der Waals surface area contributed by atoms with E-state index in [2.05, 4.69) is 26.3 Å². The third kappa shape index (κ3) is 6.23. The van der Waals surface area contributed by atoms with E-state index >= 15 is 0 Å². The van der Waals surface area contributed by atoms with Crippen LogP contribution in [0.5, 0.6) is 11.5 Å². The Bertz CT molecular complexity index is 1710. The maximum atomic E-state index is 14.1. The topological polar surface area (TPSA) is 126 Å². The van der Waals surface area contributed by atoms with Crippen LogP contribution in [0.4, 0.5) is 5.95 Å². The lowest BCUT2D eigenvalue weighted by Gasteiger charge is -2.23. The molecule has 1 aromatic carbocycles. The van der Waals surface area contributed by atoms with Gasteiger partial charge in [0.05, 0.1) is 19.2 Å². The van der Waals surface area contributed by atoms with Crippen molar-refractivity contribution in [3.8, 4) is 28.7 Å². The van der Waals surface area contributed by atoms with Gasteiger partial charge in [-0.05, 0) is 29.4 Å². The molecule has 0 bridgehead atoms. The average molecular weight is 620 g/mol. The summed E-state index contributed by atoms with van der Waals surface area (Å²) >= 11 is 6.70. The molecule has 232 valence electrons. The van der Waals surface area contributed by atoms with Crippen LogP contribution in [0, 0.1) is 28.6 Å². The molecule has 1 amide bonds. The lowest BCUT2D eigenvalue weighted by Crippen LogP contribution is -2.36. The van der Waals surface area contributed by atoms with E-state index in [9.17, 15) is 14.9 Å². The van der Waals surface area contributed by atoms with Gasteiger partial charge in [0.1, 0.15) is 28.8 Å². The van der Waals surface area contributed by atoms with Crippen LogP contribution < -0.4 is 20.3 Å². The van der Waals surface area contributed by atoms with Crippen LogP contribution in [-0.2, 0) is 11.3 Å². The number of rotatable bonds is 8. The summed E-state index contributed by atoms with van der Waals surface area (Å²) in [7, 11) is 4.79. The molecule has 1 N–H and O–H groups in total. The minimum atomic E-state index is -0.254. The second-order valence-corrected chi connectivity index (χ2v) is 12.8. The monoisotopic (exact) mass is 619 g/mol. The summed E-state index contributed by atoms with van der Waals surface area (Å²) in [5, 5.41) is 13.6. The summed E-state index contributed by atoms with van der Waals surface area (Å²) in [6.45, 7) is 9.82. The third-order valence-electron chi connectivity index (χ3n) is 8.23. The highest BCUT2D eigenvalue weighted by molar-refractivity contribution is 6.35. The van der Waals surface area contributed by atoms with Gasteiger partial charge in [-0.3, -0.25) is 14.2 Å². The molecule has 44 heavy (non-hydrogen) atoms. The van der Waals surface area contributed by atoms with Gasteiger partial charge in [-0.2, -0.15) is 10.2 Å². The van der Waals surface area contributed by atoms with Crippen LogP contribution >= 0.6 is 11.6 Å². The number of pyridine rings is 1. The number of fused-ring (bicyclic) bond motifs is 2. The second kappa shape index (κ2) is 12.5. The molecule has 2 saturated heterocycles. The molecule has 5 rings (SSSR count). The number of nitrogens with one attached hydrogen (secondary N) is 1. The van der Waals surface area contributed by atoms with Gasteiger partial charge in [0, 0.05) is 75.1 Å². The Morgan fingerprint density at radius 3 is 2.41 bits per heavy atom. The van der Waals surface area contributed by atoms with Crippen molar-refractivity contribution in [1.29, 1.82) is 5.26 Å². The smallest absolute Gasteiger partial charge is 0.264 e. The Morgan fingerprint density at radius 1 is 1.11 bits per heavy atom. The largest absolute Gasteiger partial charge is 0.497 e. The van der Waals surface area contributed by atoms with Crippen LogP contribution in [0.3, 0.4) is 0 Å². The predicted octanol–water partition coefficient (Wildman–Crippen LogP) is 4.06. The van der Waals surface area contributed by atoms with Crippen LogP contribution in [0.15, 0.2) is 40.8 Å². The molecule has 2 aliphatic heterocycles. The Kier molecular flexibility index (Phi) is 8.86. The predicted molar refractivity (Wildman–Crippen MR) is 170 cm³/mol. The molecule has 4 heterocycles. The first-order chi connectivity index (χ1) is 21.0. The van der Waals surface area contributed by atoms with Crippen molar-refractivity contribution in [3.05, 3.63) is 51.4 Å². The average Bonchev–Trinajstić information content (AvgIpc) is 3.57. The zero-order valence-corrected chi connectivity index (χ0v) is 26.7. The third-order valence-corrected chi connectivity index (χ3v) is 8.62. The number of nitrogens with zero attached hydrogens (tertiary/aromatic N) is 6. The highest BCUT2D eigenvalue weighted by Crippen LogP contribution is 2.39. The molecule has 0 saturated carbocycles. The Labute approximate surface area is 262 Å². The van der Waals surface area contributed by atoms with E-state index in [1.54, 1.807) is 49.2 Å². The Balaban J connectivity index is 1.39. The van der Waals surface area contributed by atoms with E-state index in [-0.39, 0.29) is 22.5 Å². The number of methoxy groups -OCH3 is 2. The van der Waals surface area contributed by atoms with Crippen molar-refractivity contribution < 1.29 is 14.3 Å². The van der Waals surface area contributed by atoms with Crippen molar-refractivity contribution in [3.63, 3.8) is 0 Å². The number of halogens is 1. The molecule has 2 fully saturated rings. The van der Waals surface area contributed by atoms with Crippen LogP contribution in [0.25, 0.3) is 22.2 Å². The number of likely N-dealkylation sites (tertiary alicyclic amines) is 2. The van der Waals surface area contributed by atoms with E-state index in [4.69, 9.17) is 21.1 Å². The van der Waals surface area contributed by atoms with Gasteiger partial charge in [-0.25, -0.2) is 4.98 Å². The Hall–Kier alpha value is -4.14. The van der Waals surface area contributed by atoms with Gasteiger partial charge in [0.2, 0.25) is 5.95 Å². The zero-order valence-electron chi connectivity index (χ0n) is 26.0. The van der Waals surface area contributed by atoms with Crippen LogP contribution in [-0.4, -0.2) is 84.2 Å². The number of benzene rings is 1. The van der Waals surface area contributed by atoms with Crippen molar-refractivity contribution in [2.24, 2.45) is 17.3 Å². The number of hydrogen-bond donors (Lipinski definition) is 1. The van der Waals surface area contributed by atoms with E-state index in [0.29, 0.717) is 82.6 Å². The fourth-order valence-electron chi connectivity index (χ4n) is 6.14. The van der Waals surface area contributed by atoms with Crippen molar-refractivity contribution >= 4 is 34.5 Å². The SMILES string of the molecule is CNc1ncc2cc(-c3cc(OC)cc(OC)c3Cl)c(=O)n(CCN3C[C@@H]4CN(C(=O)C(C#N)=CC(C)(C)C)C[C@H]4C3)c2n1. The number of carbonyl (C=O) groups is 1. The number of carbonyl (C=O) groups excluding carboxylic acids is 1. The van der Waals surface area contributed by atoms with Crippen LogP contribution in [0.1, 0.15) is 20.8 Å². The van der Waals surface area contributed by atoms with E-state index in [1.807, 2.05) is 25.7 Å². The molecule has 2 aromatic heterocycles. The molecule has 0 spiro atoms. The number of anilines is 1. The number of aromatic nitrogens is 3. The summed E-state index contributed by atoms with van der Waals surface area (Å²) in [6.07, 6.45) is 3.44. The maximum Gasteiger partial charge on any atom is 0.264 e. The molecule has 0 unspecified atom stereocenters. The molecule has 12 heteroatoms. The molecule has 0 aliphatic carbocycles. The summed E-state index contributed by atoms with van der Waals surface area (Å²) in [6, 6.07) is 7.25. The standard InChI is InChI=1S/C32H38ClN7O4/c1-32(2,3)12-20(13-34)29(41)39-17-21-15-38(16-22(21)18-39)7-8-40-28-19(14-36-31(35-4)37-28)9-25(30(40)42)24-10-23(43-5)11-26(44-6)27(24)33/h9-12,14,21-22H,7-8,15-18H2,1-6H3,(H,35,36,37)/t21-,22-/m1/s1. The van der Waals surface area contributed by atoms with Crippen LogP contribution in [0.2, 0.25) is 5.02 Å². The first-order valence-corrected chi connectivity index (χ1v) is 15.0. The Morgan fingerprint density at radius 2 is 1.82 bits per heavy atom. The highest BCUT2D eigenvalue weighted by atomic mass is 35.5. The van der Waals surface area contributed by atoms with E-state index in [1.165, 1.54) is 7.11 Å². The second-order valence-electron chi connectivity index (χ2n) is 12.5. The van der Waals surface area contributed by atoms with Gasteiger partial charge < -0.3 is 24.6 Å². The van der Waals surface area contributed by atoms with E-state index in [0.717, 1.165) is 13.1 Å². The summed E-state index contributed by atoms with van der Waals surface area (Å²) in [4.78, 5) is 40.3. The van der Waals surface area contributed by atoms with Gasteiger partial charge >= 0.3 is 0 Å². The number of allylic oxidation sites excluding steroid dienone is 1. The lowest BCUT2D eigenvalue weighted by molar-refractivity contribution is -0.126. The number of nitriles is 1. The van der Waals surface area contributed by atoms with Gasteiger partial charge in [-0.1, -0.05) is 38.4 Å². The van der Waals surface area contributed by atoms with Gasteiger partial charge in [0.15, 0.2) is 0 Å². The summed E-state index contributed by atoms with van der Waals surface area (Å²) in [5.74, 6) is 1.77. The first kappa shape index (κ1) is 31.3. The minimum absolute atomic E-state index is 0.189. The number of hydrogen-bond acceptors (Lipinski definition) is 9. The van der Waals surface area contributed by atoms with Gasteiger partial charge in [-0.15, -0.1) is 0 Å². The van der Waals surface area contributed by atoms with Crippen molar-refractivity contribution in [2.75, 3.05) is 59.3 Å². The quantitative estimate of drug-likeness (QED) is 0.293. The molecule has 0 radical (unpaired) electrons. The molecular formula is C32H38ClN7O4. The normalized spacial score (nSPS) is 18.8. The summed E-state index contributed by atoms with van der Waals surface area (Å²) < 4.78 is 12.6. The number of amides is 1. The highest BCUT2D eigenvalue weighted by Gasteiger charge is 2.42. The fourth-order valence-corrected chi connectivity index (χ4v) is 6.43. The molecule has 2 aliphatic rings. The van der Waals surface area contributed by atoms with E-state index < -0.39 is 0 Å². The molecule has 2 atom stereocenters. The fraction of sp³-hybridized carbons (Fsp3) is 0.469. The number of ether oxygens (including phenoxy) is 2. The van der Waals surface area contributed by atoms with Crippen molar-refractivity contribution in [1.82, 2.24) is 24.3 Å². The lowest BCUT2D eigenvalue weighted by atomic mass is 9.93. The minimum Gasteiger partial charge on any atom is -0.497 e. The maximum absolute atomic E-state index is 14.1. The summed E-state index contributed by atoms with van der Waals surface area (Å²) in [5.41, 5.74) is 1.13. The molecule has 3 aromatic rings. The molecule has 11 nitrogen and oxygen atoms in total. The molecular weight excluding hydrogens is 582 g/mol. The zero-order chi connectivity index (χ0) is 31.8. The van der Waals surface area contributed by atoms with Gasteiger partial charge in [0.25, 0.3) is 11.5 Å². The first-order valence-electron chi connectivity index (χ1n) is 14.6.